The Balaban J connectivity index is 1.77. The number of hydrogen-bond donors (Lipinski definition) is 2. The van der Waals surface area contributed by atoms with Crippen LogP contribution in [0.3, 0.4) is 0 Å². The normalized spacial score (nSPS) is 10.4. The van der Waals surface area contributed by atoms with Crippen LogP contribution in [0.2, 0.25) is 5.02 Å². The van der Waals surface area contributed by atoms with Crippen LogP contribution >= 0.6 is 11.6 Å². The van der Waals surface area contributed by atoms with Crippen LogP contribution in [0.25, 0.3) is 0 Å². The number of carbonyl (C=O) groups is 1. The standard InChI is InChI=1S/C20H18ClN3O/c1-13-6-8-16(9-7-13)23-17-10-15(11-22-12-17)20(25)24-19-5-3-4-18(21)14(19)2/h3-12,23H,1-2H3,(H,24,25). The molecular formula is C20H18ClN3O. The van der Waals surface area contributed by atoms with Gasteiger partial charge in [0.1, 0.15) is 0 Å². The fourth-order valence-electron chi connectivity index (χ4n) is 2.37. The number of aryl methyl sites for hydroxylation is 1. The van der Waals surface area contributed by atoms with Gasteiger partial charge in [-0.25, -0.2) is 0 Å². The summed E-state index contributed by atoms with van der Waals surface area (Å²) in [4.78, 5) is 16.7. The number of pyridine rings is 1. The first-order chi connectivity index (χ1) is 12.0. The summed E-state index contributed by atoms with van der Waals surface area (Å²) in [5.74, 6) is -0.231. The highest BCUT2D eigenvalue weighted by Crippen LogP contribution is 2.24. The molecule has 0 unspecified atom stereocenters. The van der Waals surface area contributed by atoms with Crippen LogP contribution in [0, 0.1) is 13.8 Å². The molecule has 0 spiro atoms. The summed E-state index contributed by atoms with van der Waals surface area (Å²) in [5, 5.41) is 6.74. The zero-order valence-corrected chi connectivity index (χ0v) is 14.8. The lowest BCUT2D eigenvalue weighted by Crippen LogP contribution is -2.13. The Hall–Kier alpha value is -2.85. The molecule has 0 saturated carbocycles. The van der Waals surface area contributed by atoms with E-state index < -0.39 is 0 Å². The van der Waals surface area contributed by atoms with Gasteiger partial charge in [-0.2, -0.15) is 0 Å². The molecule has 0 aliphatic rings. The van der Waals surface area contributed by atoms with Crippen LogP contribution in [0.5, 0.6) is 0 Å². The minimum atomic E-state index is -0.231. The third-order valence-corrected chi connectivity index (χ3v) is 4.27. The van der Waals surface area contributed by atoms with Crippen molar-refractivity contribution in [3.05, 3.63) is 82.6 Å². The molecule has 0 aliphatic carbocycles. The molecule has 1 aromatic heterocycles. The molecule has 2 aromatic carbocycles. The van der Waals surface area contributed by atoms with E-state index in [4.69, 9.17) is 11.6 Å². The molecular weight excluding hydrogens is 334 g/mol. The second kappa shape index (κ2) is 7.36. The molecule has 1 heterocycles. The van der Waals surface area contributed by atoms with Gasteiger partial charge in [-0.1, -0.05) is 35.4 Å². The Morgan fingerprint density at radius 2 is 1.76 bits per heavy atom. The van der Waals surface area contributed by atoms with Gasteiger partial charge in [-0.15, -0.1) is 0 Å². The fraction of sp³-hybridized carbons (Fsp3) is 0.100. The van der Waals surface area contributed by atoms with Crippen LogP contribution in [0.1, 0.15) is 21.5 Å². The van der Waals surface area contributed by atoms with Crippen molar-refractivity contribution < 1.29 is 4.79 Å². The van der Waals surface area contributed by atoms with Crippen molar-refractivity contribution in [1.82, 2.24) is 4.98 Å². The Morgan fingerprint density at radius 1 is 1.00 bits per heavy atom. The van der Waals surface area contributed by atoms with E-state index in [9.17, 15) is 4.79 Å². The van der Waals surface area contributed by atoms with E-state index in [-0.39, 0.29) is 5.91 Å². The lowest BCUT2D eigenvalue weighted by Gasteiger charge is -2.11. The average Bonchev–Trinajstić information content (AvgIpc) is 2.61. The van der Waals surface area contributed by atoms with Crippen LogP contribution in [-0.4, -0.2) is 10.9 Å². The molecule has 126 valence electrons. The summed E-state index contributed by atoms with van der Waals surface area (Å²) in [5.41, 5.74) is 4.87. The Bertz CT molecular complexity index is 907. The van der Waals surface area contributed by atoms with Gasteiger partial charge in [-0.3, -0.25) is 9.78 Å². The summed E-state index contributed by atoms with van der Waals surface area (Å²) in [6.07, 6.45) is 3.22. The Morgan fingerprint density at radius 3 is 2.52 bits per heavy atom. The van der Waals surface area contributed by atoms with E-state index in [0.717, 1.165) is 16.9 Å². The van der Waals surface area contributed by atoms with E-state index in [1.165, 1.54) is 11.8 Å². The molecule has 0 atom stereocenters. The number of hydrogen-bond acceptors (Lipinski definition) is 3. The van der Waals surface area contributed by atoms with Gasteiger partial charge < -0.3 is 10.6 Å². The zero-order valence-electron chi connectivity index (χ0n) is 14.0. The number of rotatable bonds is 4. The SMILES string of the molecule is Cc1ccc(Nc2cncc(C(=O)Nc3cccc(Cl)c3C)c2)cc1. The predicted octanol–water partition coefficient (Wildman–Crippen LogP) is 5.35. The van der Waals surface area contributed by atoms with Gasteiger partial charge >= 0.3 is 0 Å². The molecule has 25 heavy (non-hydrogen) atoms. The maximum Gasteiger partial charge on any atom is 0.257 e. The molecule has 1 amide bonds. The highest BCUT2D eigenvalue weighted by molar-refractivity contribution is 6.31. The van der Waals surface area contributed by atoms with Crippen molar-refractivity contribution in [3.8, 4) is 0 Å². The lowest BCUT2D eigenvalue weighted by atomic mass is 10.2. The van der Waals surface area contributed by atoms with Crippen LogP contribution < -0.4 is 10.6 Å². The van der Waals surface area contributed by atoms with Gasteiger partial charge in [-0.05, 0) is 49.7 Å². The van der Waals surface area contributed by atoms with Crippen molar-refractivity contribution in [2.24, 2.45) is 0 Å². The van der Waals surface area contributed by atoms with E-state index in [0.29, 0.717) is 16.3 Å². The summed E-state index contributed by atoms with van der Waals surface area (Å²) in [6.45, 7) is 3.90. The van der Waals surface area contributed by atoms with Crippen molar-refractivity contribution in [2.75, 3.05) is 10.6 Å². The second-order valence-electron chi connectivity index (χ2n) is 5.82. The maximum atomic E-state index is 12.5. The molecule has 3 rings (SSSR count). The van der Waals surface area contributed by atoms with E-state index in [1.54, 1.807) is 24.4 Å². The fourth-order valence-corrected chi connectivity index (χ4v) is 2.55. The smallest absolute Gasteiger partial charge is 0.257 e. The van der Waals surface area contributed by atoms with Gasteiger partial charge in [0.15, 0.2) is 0 Å². The Kier molecular flexibility index (Phi) is 5.00. The van der Waals surface area contributed by atoms with Crippen LogP contribution in [-0.2, 0) is 0 Å². The highest BCUT2D eigenvalue weighted by Gasteiger charge is 2.10. The average molecular weight is 352 g/mol. The summed E-state index contributed by atoms with van der Waals surface area (Å²) in [6, 6.07) is 15.2. The van der Waals surface area contributed by atoms with Crippen molar-refractivity contribution in [2.45, 2.75) is 13.8 Å². The van der Waals surface area contributed by atoms with Gasteiger partial charge in [0.05, 0.1) is 17.4 Å². The van der Waals surface area contributed by atoms with E-state index in [2.05, 4.69) is 15.6 Å². The number of nitrogens with zero attached hydrogens (tertiary/aromatic N) is 1. The number of benzene rings is 2. The van der Waals surface area contributed by atoms with Crippen LogP contribution in [0.4, 0.5) is 17.1 Å². The molecule has 0 bridgehead atoms. The molecule has 5 heteroatoms. The van der Waals surface area contributed by atoms with Gasteiger partial charge in [0.25, 0.3) is 5.91 Å². The first-order valence-electron chi connectivity index (χ1n) is 7.88. The maximum absolute atomic E-state index is 12.5. The highest BCUT2D eigenvalue weighted by atomic mass is 35.5. The number of aromatic nitrogens is 1. The molecule has 3 aromatic rings. The summed E-state index contributed by atoms with van der Waals surface area (Å²) >= 11 is 6.10. The van der Waals surface area contributed by atoms with E-state index >= 15 is 0 Å². The monoisotopic (exact) mass is 351 g/mol. The Labute approximate surface area is 151 Å². The first kappa shape index (κ1) is 17.0. The quantitative estimate of drug-likeness (QED) is 0.666. The molecule has 4 nitrogen and oxygen atoms in total. The van der Waals surface area contributed by atoms with Crippen molar-refractivity contribution in [1.29, 1.82) is 0 Å². The first-order valence-corrected chi connectivity index (χ1v) is 8.26. The number of anilines is 3. The van der Waals surface area contributed by atoms with Crippen molar-refractivity contribution >= 4 is 34.6 Å². The molecule has 0 fully saturated rings. The minimum Gasteiger partial charge on any atom is -0.354 e. The number of carbonyl (C=O) groups excluding carboxylic acids is 1. The molecule has 0 radical (unpaired) electrons. The zero-order chi connectivity index (χ0) is 17.8. The van der Waals surface area contributed by atoms with Gasteiger partial charge in [0, 0.05) is 22.6 Å². The van der Waals surface area contributed by atoms with Gasteiger partial charge in [0.2, 0.25) is 0 Å². The number of halogens is 1. The summed E-state index contributed by atoms with van der Waals surface area (Å²) < 4.78 is 0. The topological polar surface area (TPSA) is 54.0 Å². The lowest BCUT2D eigenvalue weighted by molar-refractivity contribution is 0.102. The molecule has 0 aliphatic heterocycles. The largest absolute Gasteiger partial charge is 0.354 e. The van der Waals surface area contributed by atoms with Crippen LogP contribution in [0.15, 0.2) is 60.9 Å². The summed E-state index contributed by atoms with van der Waals surface area (Å²) in [7, 11) is 0. The molecule has 0 saturated heterocycles. The van der Waals surface area contributed by atoms with Crippen molar-refractivity contribution in [3.63, 3.8) is 0 Å². The minimum absolute atomic E-state index is 0.231. The third-order valence-electron chi connectivity index (χ3n) is 3.86. The predicted molar refractivity (Wildman–Crippen MR) is 103 cm³/mol. The number of nitrogens with one attached hydrogen (secondary N) is 2. The second-order valence-corrected chi connectivity index (χ2v) is 6.23. The third kappa shape index (κ3) is 4.17. The number of amides is 1. The molecule has 2 N–H and O–H groups in total. The van der Waals surface area contributed by atoms with E-state index in [1.807, 2.05) is 44.2 Å².